The molecule has 23 heavy (non-hydrogen) atoms. The Hall–Kier alpha value is -3.24. The minimum atomic E-state index is -0.677. The SMILES string of the molecule is N#C/C(=N/Nc1ccccc1[N+](=O)[O-])C(=O)c1ccccc1Cl. The highest BCUT2D eigenvalue weighted by molar-refractivity contribution is 6.53. The number of carbonyl (C=O) groups excluding carboxylic acids is 1. The van der Waals surface area contributed by atoms with E-state index in [-0.39, 0.29) is 22.0 Å². The van der Waals surface area contributed by atoms with E-state index in [1.807, 2.05) is 0 Å². The fourth-order valence-electron chi connectivity index (χ4n) is 1.74. The van der Waals surface area contributed by atoms with E-state index < -0.39 is 16.4 Å². The van der Waals surface area contributed by atoms with E-state index in [1.54, 1.807) is 24.3 Å². The molecule has 2 rings (SSSR count). The standard InChI is InChI=1S/C15H9ClN4O3/c16-11-6-2-1-5-10(11)15(21)13(9-17)19-18-12-7-3-4-8-14(12)20(22)23/h1-8,18H/b19-13-. The number of ketones is 1. The van der Waals surface area contributed by atoms with Gasteiger partial charge < -0.3 is 0 Å². The molecule has 0 aliphatic heterocycles. The van der Waals surface area contributed by atoms with E-state index in [9.17, 15) is 14.9 Å². The lowest BCUT2D eigenvalue weighted by atomic mass is 10.1. The van der Waals surface area contributed by atoms with E-state index in [0.717, 1.165) is 0 Å². The van der Waals surface area contributed by atoms with Gasteiger partial charge in [-0.1, -0.05) is 35.9 Å². The molecule has 0 amide bonds. The number of anilines is 1. The summed E-state index contributed by atoms with van der Waals surface area (Å²) in [4.78, 5) is 22.5. The molecule has 0 aliphatic rings. The lowest BCUT2D eigenvalue weighted by molar-refractivity contribution is -0.384. The van der Waals surface area contributed by atoms with Gasteiger partial charge >= 0.3 is 0 Å². The van der Waals surface area contributed by atoms with Crippen molar-refractivity contribution in [3.63, 3.8) is 0 Å². The normalized spacial score (nSPS) is 10.7. The number of nitrogens with zero attached hydrogens (tertiary/aromatic N) is 3. The van der Waals surface area contributed by atoms with Crippen molar-refractivity contribution in [1.29, 1.82) is 5.26 Å². The Bertz CT molecular complexity index is 843. The van der Waals surface area contributed by atoms with Crippen molar-refractivity contribution >= 4 is 34.5 Å². The highest BCUT2D eigenvalue weighted by Crippen LogP contribution is 2.23. The zero-order chi connectivity index (χ0) is 16.8. The number of hydrogen-bond donors (Lipinski definition) is 1. The second-order valence-electron chi connectivity index (χ2n) is 4.27. The van der Waals surface area contributed by atoms with Crippen LogP contribution in [0.5, 0.6) is 0 Å². The van der Waals surface area contributed by atoms with Crippen LogP contribution >= 0.6 is 11.6 Å². The molecule has 0 saturated carbocycles. The number of benzene rings is 2. The summed E-state index contributed by atoms with van der Waals surface area (Å²) >= 11 is 5.91. The van der Waals surface area contributed by atoms with E-state index in [2.05, 4.69) is 10.5 Å². The molecule has 8 heteroatoms. The Labute approximate surface area is 136 Å². The average molecular weight is 329 g/mol. The molecule has 0 bridgehead atoms. The van der Waals surface area contributed by atoms with Gasteiger partial charge in [0.2, 0.25) is 11.5 Å². The summed E-state index contributed by atoms with van der Waals surface area (Å²) in [6.07, 6.45) is 0. The molecule has 0 atom stereocenters. The topological polar surface area (TPSA) is 108 Å². The molecule has 0 aliphatic carbocycles. The van der Waals surface area contributed by atoms with Gasteiger partial charge in [-0.2, -0.15) is 10.4 Å². The molecule has 2 aromatic rings. The summed E-state index contributed by atoms with van der Waals surface area (Å²) < 4.78 is 0. The molecule has 0 radical (unpaired) electrons. The van der Waals surface area contributed by atoms with Crippen molar-refractivity contribution in [2.75, 3.05) is 5.43 Å². The Morgan fingerprint density at radius 3 is 2.52 bits per heavy atom. The molecular formula is C15H9ClN4O3. The largest absolute Gasteiger partial charge is 0.294 e. The van der Waals surface area contributed by atoms with Crippen LogP contribution in [0.3, 0.4) is 0 Å². The number of Topliss-reactive ketones (excluding diaryl/α,β-unsaturated/α-hetero) is 1. The summed E-state index contributed by atoms with van der Waals surface area (Å²) in [7, 11) is 0. The molecule has 0 spiro atoms. The van der Waals surface area contributed by atoms with E-state index >= 15 is 0 Å². The maximum atomic E-state index is 12.2. The molecule has 0 heterocycles. The summed E-state index contributed by atoms with van der Waals surface area (Å²) in [6, 6.07) is 13.6. The Balaban J connectivity index is 2.31. The second-order valence-corrected chi connectivity index (χ2v) is 4.67. The highest BCUT2D eigenvalue weighted by Gasteiger charge is 2.18. The monoisotopic (exact) mass is 328 g/mol. The Kier molecular flexibility index (Phi) is 5.02. The second kappa shape index (κ2) is 7.15. The first-order chi connectivity index (χ1) is 11.0. The molecule has 114 valence electrons. The van der Waals surface area contributed by atoms with Crippen molar-refractivity contribution in [2.24, 2.45) is 5.10 Å². The van der Waals surface area contributed by atoms with Gasteiger partial charge in [-0.25, -0.2) is 0 Å². The molecular weight excluding hydrogens is 320 g/mol. The molecule has 7 nitrogen and oxygen atoms in total. The van der Waals surface area contributed by atoms with Crippen LogP contribution in [-0.2, 0) is 0 Å². The maximum absolute atomic E-state index is 12.2. The molecule has 1 N–H and O–H groups in total. The molecule has 2 aromatic carbocycles. The Morgan fingerprint density at radius 2 is 1.87 bits per heavy atom. The van der Waals surface area contributed by atoms with Crippen LogP contribution in [0.25, 0.3) is 0 Å². The number of carbonyl (C=O) groups is 1. The summed E-state index contributed by atoms with van der Waals surface area (Å²) in [6.45, 7) is 0. The van der Waals surface area contributed by atoms with Gasteiger partial charge in [-0.3, -0.25) is 20.3 Å². The van der Waals surface area contributed by atoms with Crippen molar-refractivity contribution in [3.8, 4) is 6.07 Å². The molecule has 0 saturated heterocycles. The van der Waals surface area contributed by atoms with Crippen molar-refractivity contribution < 1.29 is 9.72 Å². The highest BCUT2D eigenvalue weighted by atomic mass is 35.5. The van der Waals surface area contributed by atoms with Crippen LogP contribution in [0.15, 0.2) is 53.6 Å². The molecule has 0 fully saturated rings. The molecule has 0 unspecified atom stereocenters. The first kappa shape index (κ1) is 16.1. The third-order valence-corrected chi connectivity index (χ3v) is 3.16. The fraction of sp³-hybridized carbons (Fsp3) is 0. The quantitative estimate of drug-likeness (QED) is 0.391. The van der Waals surface area contributed by atoms with Gasteiger partial charge in [0.1, 0.15) is 11.8 Å². The van der Waals surface area contributed by atoms with Gasteiger partial charge in [-0.05, 0) is 18.2 Å². The van der Waals surface area contributed by atoms with E-state index in [0.29, 0.717) is 0 Å². The number of rotatable bonds is 5. The van der Waals surface area contributed by atoms with Crippen molar-refractivity contribution in [2.45, 2.75) is 0 Å². The first-order valence-corrected chi connectivity index (χ1v) is 6.69. The van der Waals surface area contributed by atoms with Gasteiger partial charge in [0.05, 0.1) is 9.95 Å². The smallest absolute Gasteiger partial charge is 0.286 e. The number of nitro benzene ring substituents is 1. The van der Waals surface area contributed by atoms with Crippen LogP contribution in [0.1, 0.15) is 10.4 Å². The third-order valence-electron chi connectivity index (χ3n) is 2.83. The first-order valence-electron chi connectivity index (χ1n) is 6.31. The lowest BCUT2D eigenvalue weighted by Crippen LogP contribution is -2.15. The van der Waals surface area contributed by atoms with Crippen LogP contribution in [0, 0.1) is 21.4 Å². The number of nitriles is 1. The van der Waals surface area contributed by atoms with Crippen LogP contribution in [0.4, 0.5) is 11.4 Å². The molecule has 0 aromatic heterocycles. The Morgan fingerprint density at radius 1 is 1.22 bits per heavy atom. The number of halogens is 1. The summed E-state index contributed by atoms with van der Waals surface area (Å²) in [5, 5.41) is 23.8. The predicted octanol–water partition coefficient (Wildman–Crippen LogP) is 3.42. The van der Waals surface area contributed by atoms with Gasteiger partial charge in [0, 0.05) is 11.6 Å². The van der Waals surface area contributed by atoms with Crippen molar-refractivity contribution in [1.82, 2.24) is 0 Å². The third kappa shape index (κ3) is 3.70. The minimum absolute atomic E-state index is 0.0669. The van der Waals surface area contributed by atoms with Crippen LogP contribution < -0.4 is 5.43 Å². The van der Waals surface area contributed by atoms with Crippen LogP contribution in [-0.4, -0.2) is 16.4 Å². The number of nitrogens with one attached hydrogen (secondary N) is 1. The number of para-hydroxylation sites is 2. The number of nitro groups is 1. The van der Waals surface area contributed by atoms with Crippen molar-refractivity contribution in [3.05, 3.63) is 69.2 Å². The number of hydrogen-bond acceptors (Lipinski definition) is 6. The summed E-state index contributed by atoms with van der Waals surface area (Å²) in [5.41, 5.74) is 1.88. The lowest BCUT2D eigenvalue weighted by Gasteiger charge is -2.03. The zero-order valence-electron chi connectivity index (χ0n) is 11.6. The fourth-order valence-corrected chi connectivity index (χ4v) is 1.96. The summed E-state index contributed by atoms with van der Waals surface area (Å²) in [5.74, 6) is -0.677. The van der Waals surface area contributed by atoms with E-state index in [1.165, 1.54) is 30.3 Å². The number of hydrazone groups is 1. The van der Waals surface area contributed by atoms with E-state index in [4.69, 9.17) is 16.9 Å². The zero-order valence-corrected chi connectivity index (χ0v) is 12.3. The van der Waals surface area contributed by atoms with Gasteiger partial charge in [0.15, 0.2) is 0 Å². The van der Waals surface area contributed by atoms with Gasteiger partial charge in [0.25, 0.3) is 5.69 Å². The maximum Gasteiger partial charge on any atom is 0.294 e. The van der Waals surface area contributed by atoms with Gasteiger partial charge in [-0.15, -0.1) is 0 Å². The average Bonchev–Trinajstić information content (AvgIpc) is 2.56. The predicted molar refractivity (Wildman–Crippen MR) is 85.5 cm³/mol. The minimum Gasteiger partial charge on any atom is -0.286 e. The van der Waals surface area contributed by atoms with Crippen LogP contribution in [0.2, 0.25) is 5.02 Å².